The maximum absolute atomic E-state index is 12.6. The number of rotatable bonds is 5. The molecule has 0 aliphatic heterocycles. The fourth-order valence-corrected chi connectivity index (χ4v) is 4.29. The van der Waals surface area contributed by atoms with Gasteiger partial charge >= 0.3 is 0 Å². The lowest BCUT2D eigenvalue weighted by Crippen LogP contribution is -2.33. The van der Waals surface area contributed by atoms with Crippen LogP contribution in [0.5, 0.6) is 5.75 Å². The zero-order valence-corrected chi connectivity index (χ0v) is 18.1. The maximum Gasteiger partial charge on any atom is 0.269 e. The van der Waals surface area contributed by atoms with Crippen LogP contribution in [0.25, 0.3) is 10.1 Å². The number of hydrogen-bond acceptors (Lipinski definition) is 5. The van der Waals surface area contributed by atoms with Crippen molar-refractivity contribution in [3.8, 4) is 5.75 Å². The minimum atomic E-state index is -0.410. The molecular weight excluding hydrogens is 430 g/mol. The van der Waals surface area contributed by atoms with E-state index in [-0.39, 0.29) is 11.0 Å². The summed E-state index contributed by atoms with van der Waals surface area (Å²) in [5, 5.41) is 9.52. The average Bonchev–Trinajstić information content (AvgIpc) is 3.04. The molecule has 0 bridgehead atoms. The molecule has 3 N–H and O–H groups in total. The van der Waals surface area contributed by atoms with E-state index in [2.05, 4.69) is 16.0 Å². The van der Waals surface area contributed by atoms with Gasteiger partial charge in [-0.3, -0.25) is 14.9 Å². The van der Waals surface area contributed by atoms with Gasteiger partial charge in [-0.05, 0) is 55.5 Å². The summed E-state index contributed by atoms with van der Waals surface area (Å²) in [6.07, 6.45) is 0. The molecule has 0 saturated carbocycles. The Hall–Kier alpha value is -2.68. The van der Waals surface area contributed by atoms with E-state index >= 15 is 0 Å². The van der Waals surface area contributed by atoms with E-state index in [9.17, 15) is 9.59 Å². The van der Waals surface area contributed by atoms with E-state index in [4.69, 9.17) is 28.6 Å². The summed E-state index contributed by atoms with van der Waals surface area (Å²) in [4.78, 5) is 24.9. The summed E-state index contributed by atoms with van der Waals surface area (Å²) in [6, 6.07) is 12.3. The van der Waals surface area contributed by atoms with Gasteiger partial charge in [0.1, 0.15) is 10.6 Å². The zero-order valence-electron chi connectivity index (χ0n) is 15.7. The number of ether oxygens (including phenoxy) is 1. The number of carbonyl (C=O) groups is 2. The minimum absolute atomic E-state index is 0.106. The second kappa shape index (κ2) is 9.21. The summed E-state index contributed by atoms with van der Waals surface area (Å²) >= 11 is 12.9. The maximum atomic E-state index is 12.6. The average molecular weight is 448 g/mol. The molecule has 1 aromatic heterocycles. The summed E-state index contributed by atoms with van der Waals surface area (Å²) in [5.41, 5.74) is 1.08. The molecule has 1 heterocycles. The van der Waals surface area contributed by atoms with E-state index < -0.39 is 5.91 Å². The quantitative estimate of drug-likeness (QED) is 0.504. The van der Waals surface area contributed by atoms with Crippen LogP contribution in [0.4, 0.5) is 5.69 Å². The molecule has 6 nitrogen and oxygen atoms in total. The van der Waals surface area contributed by atoms with Gasteiger partial charge in [0.05, 0.1) is 12.1 Å². The Labute approximate surface area is 182 Å². The van der Waals surface area contributed by atoms with Crippen LogP contribution in [-0.4, -0.2) is 30.6 Å². The first kappa shape index (κ1) is 21.0. The molecule has 0 unspecified atom stereocenters. The number of anilines is 1. The van der Waals surface area contributed by atoms with Crippen LogP contribution in [0, 0.1) is 0 Å². The fourth-order valence-electron chi connectivity index (χ4n) is 2.64. The molecule has 0 spiro atoms. The van der Waals surface area contributed by atoms with Crippen LogP contribution in [0.1, 0.15) is 27.0 Å². The van der Waals surface area contributed by atoms with Crippen molar-refractivity contribution in [2.45, 2.75) is 6.92 Å². The summed E-state index contributed by atoms with van der Waals surface area (Å²) in [6.45, 7) is 2.38. The number of nitrogens with one attached hydrogen (secondary N) is 3. The first-order valence-corrected chi connectivity index (χ1v) is 10.3. The van der Waals surface area contributed by atoms with Gasteiger partial charge in [-0.1, -0.05) is 17.7 Å². The minimum Gasteiger partial charge on any atom is -0.497 e. The Balaban J connectivity index is 1.72. The second-order valence-electron chi connectivity index (χ2n) is 5.96. The predicted molar refractivity (Wildman–Crippen MR) is 122 cm³/mol. The molecule has 29 heavy (non-hydrogen) atoms. The fraction of sp³-hybridized carbons (Fsp3) is 0.150. The van der Waals surface area contributed by atoms with Crippen molar-refractivity contribution in [3.63, 3.8) is 0 Å². The normalized spacial score (nSPS) is 10.4. The summed E-state index contributed by atoms with van der Waals surface area (Å²) < 4.78 is 6.05. The Morgan fingerprint density at radius 1 is 1.17 bits per heavy atom. The van der Waals surface area contributed by atoms with E-state index in [0.717, 1.165) is 10.1 Å². The molecule has 0 aliphatic carbocycles. The van der Waals surface area contributed by atoms with Crippen molar-refractivity contribution in [2.75, 3.05) is 19.0 Å². The van der Waals surface area contributed by atoms with Crippen molar-refractivity contribution in [2.24, 2.45) is 0 Å². The van der Waals surface area contributed by atoms with Gasteiger partial charge in [0, 0.05) is 27.9 Å². The third-order valence-electron chi connectivity index (χ3n) is 3.99. The molecule has 9 heteroatoms. The number of methoxy groups -OCH3 is 1. The van der Waals surface area contributed by atoms with Crippen molar-refractivity contribution < 1.29 is 14.3 Å². The number of benzene rings is 2. The first-order valence-electron chi connectivity index (χ1n) is 8.69. The van der Waals surface area contributed by atoms with Gasteiger partial charge in [0.2, 0.25) is 0 Å². The lowest BCUT2D eigenvalue weighted by Gasteiger charge is -2.10. The van der Waals surface area contributed by atoms with Crippen LogP contribution in [0.3, 0.4) is 0 Å². The molecule has 3 rings (SSSR count). The van der Waals surface area contributed by atoms with Gasteiger partial charge in [-0.15, -0.1) is 11.3 Å². The topological polar surface area (TPSA) is 79.5 Å². The Bertz CT molecular complexity index is 1100. The molecule has 0 aliphatic rings. The highest BCUT2D eigenvalue weighted by Crippen LogP contribution is 2.37. The molecule has 2 amide bonds. The Kier molecular flexibility index (Phi) is 6.68. The summed E-state index contributed by atoms with van der Waals surface area (Å²) in [7, 11) is 1.58. The molecule has 0 radical (unpaired) electrons. The lowest BCUT2D eigenvalue weighted by atomic mass is 10.2. The SMILES string of the molecule is CCNC(=O)c1cccc(NC(=S)NC(=O)c2sc3cc(OC)ccc3c2Cl)c1. The van der Waals surface area contributed by atoms with E-state index in [0.29, 0.717) is 33.4 Å². The summed E-state index contributed by atoms with van der Waals surface area (Å²) in [5.74, 6) is 0.0951. The van der Waals surface area contributed by atoms with Crippen LogP contribution in [0.15, 0.2) is 42.5 Å². The van der Waals surface area contributed by atoms with Gasteiger partial charge < -0.3 is 15.4 Å². The highest BCUT2D eigenvalue weighted by Gasteiger charge is 2.18. The molecule has 0 atom stereocenters. The molecular formula is C20H18ClN3O3S2. The van der Waals surface area contributed by atoms with Crippen LogP contribution in [0.2, 0.25) is 5.02 Å². The van der Waals surface area contributed by atoms with Crippen molar-refractivity contribution >= 4 is 67.9 Å². The number of hydrogen-bond donors (Lipinski definition) is 3. The molecule has 0 saturated heterocycles. The standard InChI is InChI=1S/C20H18ClN3O3S2/c1-3-22-18(25)11-5-4-6-12(9-11)23-20(28)24-19(26)17-16(21)14-8-7-13(27-2)10-15(14)29-17/h4-10H,3H2,1-2H3,(H,22,25)(H2,23,24,26,28). The van der Waals surface area contributed by atoms with Gasteiger partial charge in [-0.25, -0.2) is 0 Å². The van der Waals surface area contributed by atoms with E-state index in [1.165, 1.54) is 11.3 Å². The second-order valence-corrected chi connectivity index (χ2v) is 7.79. The molecule has 0 fully saturated rings. The Morgan fingerprint density at radius 3 is 2.69 bits per heavy atom. The van der Waals surface area contributed by atoms with Gasteiger partial charge in [0.15, 0.2) is 5.11 Å². The highest BCUT2D eigenvalue weighted by molar-refractivity contribution is 7.80. The molecule has 3 aromatic rings. The zero-order chi connectivity index (χ0) is 21.0. The number of thiophene rings is 1. The van der Waals surface area contributed by atoms with Crippen LogP contribution < -0.4 is 20.7 Å². The smallest absolute Gasteiger partial charge is 0.269 e. The first-order chi connectivity index (χ1) is 13.9. The van der Waals surface area contributed by atoms with Crippen molar-refractivity contribution in [1.82, 2.24) is 10.6 Å². The lowest BCUT2D eigenvalue weighted by molar-refractivity contribution is 0.0953. The molecule has 2 aromatic carbocycles. The number of amides is 2. The van der Waals surface area contributed by atoms with E-state index in [1.54, 1.807) is 37.4 Å². The van der Waals surface area contributed by atoms with Gasteiger partial charge in [-0.2, -0.15) is 0 Å². The monoisotopic (exact) mass is 447 g/mol. The largest absolute Gasteiger partial charge is 0.497 e. The number of carbonyl (C=O) groups excluding carboxylic acids is 2. The number of halogens is 1. The van der Waals surface area contributed by atoms with Crippen LogP contribution in [-0.2, 0) is 0 Å². The number of thiocarbonyl (C=S) groups is 1. The van der Waals surface area contributed by atoms with Gasteiger partial charge in [0.25, 0.3) is 11.8 Å². The van der Waals surface area contributed by atoms with Crippen LogP contribution >= 0.6 is 35.2 Å². The van der Waals surface area contributed by atoms with Crippen molar-refractivity contribution in [1.29, 1.82) is 0 Å². The third-order valence-corrected chi connectivity index (χ3v) is 5.85. The van der Waals surface area contributed by atoms with Crippen molar-refractivity contribution in [3.05, 3.63) is 57.9 Å². The van der Waals surface area contributed by atoms with E-state index in [1.807, 2.05) is 19.1 Å². The predicted octanol–water partition coefficient (Wildman–Crippen LogP) is 4.44. The molecule has 150 valence electrons. The highest BCUT2D eigenvalue weighted by atomic mass is 35.5. The number of fused-ring (bicyclic) bond motifs is 1. The Morgan fingerprint density at radius 2 is 1.97 bits per heavy atom. The third kappa shape index (κ3) is 4.84.